The number of aromatic nitrogens is 2. The Morgan fingerprint density at radius 2 is 1.75 bits per heavy atom. The van der Waals surface area contributed by atoms with Crippen molar-refractivity contribution in [3.8, 4) is 0 Å². The molecule has 0 amide bonds. The molecule has 6 heteroatoms. The average Bonchev–Trinajstić information content (AvgIpc) is 3.09. The summed E-state index contributed by atoms with van der Waals surface area (Å²) in [5.41, 5.74) is 4.48. The van der Waals surface area contributed by atoms with Crippen LogP contribution < -0.4 is 4.57 Å². The van der Waals surface area contributed by atoms with Gasteiger partial charge in [0.15, 0.2) is 6.20 Å². The molecule has 2 aromatic carbocycles. The molecule has 0 N–H and O–H groups in total. The van der Waals surface area contributed by atoms with Crippen LogP contribution in [0.1, 0.15) is 30.5 Å². The Kier molecular flexibility index (Phi) is 4.24. The average molecular weight is 440 g/mol. The van der Waals surface area contributed by atoms with Crippen molar-refractivity contribution in [1.82, 2.24) is 4.57 Å². The van der Waals surface area contributed by atoms with Crippen LogP contribution in [0.5, 0.6) is 0 Å². The molecule has 0 aliphatic carbocycles. The zero-order chi connectivity index (χ0) is 23.2. The van der Waals surface area contributed by atoms with E-state index in [9.17, 15) is 13.2 Å². The number of benzene rings is 2. The van der Waals surface area contributed by atoms with Crippen molar-refractivity contribution in [1.29, 1.82) is 0 Å². The molecule has 0 spiro atoms. The lowest BCUT2D eigenvalue weighted by atomic mass is 9.84. The molecule has 0 radical (unpaired) electrons. The summed E-state index contributed by atoms with van der Waals surface area (Å²) in [6.07, 6.45) is -0.381. The van der Waals surface area contributed by atoms with Gasteiger partial charge >= 0.3 is 6.18 Å². The predicted octanol–water partition coefficient (Wildman–Crippen LogP) is 6.80. The molecule has 3 nitrogen and oxygen atoms in total. The zero-order valence-corrected chi connectivity index (χ0v) is 19.1. The summed E-state index contributed by atoms with van der Waals surface area (Å²) < 4.78 is 51.3. The van der Waals surface area contributed by atoms with Gasteiger partial charge in [-0.1, -0.05) is 19.9 Å². The third-order valence-corrected chi connectivity index (χ3v) is 6.90. The molecule has 0 bridgehead atoms. The SMILES string of the molecule is Cc1c2cc[n+](C)c2c(C)c2oc3cc(CC(C)(C)C(F)(F)F)cc4ccn(C)c(c12)c43. The fourth-order valence-electron chi connectivity index (χ4n) is 5.04. The molecule has 0 saturated heterocycles. The summed E-state index contributed by atoms with van der Waals surface area (Å²) >= 11 is 0. The van der Waals surface area contributed by atoms with Crippen LogP contribution in [0.4, 0.5) is 13.2 Å². The van der Waals surface area contributed by atoms with Gasteiger partial charge in [-0.15, -0.1) is 0 Å². The number of nitrogens with zero attached hydrogens (tertiary/aromatic N) is 2. The van der Waals surface area contributed by atoms with E-state index >= 15 is 0 Å². The molecule has 0 aliphatic rings. The van der Waals surface area contributed by atoms with E-state index in [1.54, 1.807) is 6.07 Å². The fraction of sp³-hybridized carbons (Fsp3) is 0.346. The maximum absolute atomic E-state index is 13.6. The van der Waals surface area contributed by atoms with Crippen LogP contribution >= 0.6 is 0 Å². The fourth-order valence-corrected chi connectivity index (χ4v) is 5.04. The minimum absolute atomic E-state index is 0.110. The molecule has 3 aromatic heterocycles. The van der Waals surface area contributed by atoms with Gasteiger partial charge < -0.3 is 8.98 Å². The van der Waals surface area contributed by atoms with Crippen LogP contribution in [-0.2, 0) is 20.5 Å². The molecule has 0 unspecified atom stereocenters. The Hall–Kier alpha value is -3.02. The minimum Gasteiger partial charge on any atom is -0.455 e. The van der Waals surface area contributed by atoms with Gasteiger partial charge in [0.25, 0.3) is 0 Å². The second-order valence-electron chi connectivity index (χ2n) is 9.64. The molecular weight excluding hydrogens is 413 g/mol. The second kappa shape index (κ2) is 6.50. The first-order valence-electron chi connectivity index (χ1n) is 10.7. The highest BCUT2D eigenvalue weighted by atomic mass is 19.4. The van der Waals surface area contributed by atoms with E-state index in [1.807, 2.05) is 45.5 Å². The maximum atomic E-state index is 13.6. The number of hydrogen-bond donors (Lipinski definition) is 0. The lowest BCUT2D eigenvalue weighted by Crippen LogP contribution is -2.34. The Morgan fingerprint density at radius 1 is 1.03 bits per heavy atom. The van der Waals surface area contributed by atoms with E-state index in [2.05, 4.69) is 22.1 Å². The Morgan fingerprint density at radius 3 is 2.44 bits per heavy atom. The standard InChI is InChI=1S/C26H26F3N2O/c1-14-18-8-10-30(5)22(18)15(2)24-20(14)23-21-17(7-9-31(23)6)11-16(12-19(21)32-24)13-25(3,4)26(27,28)29/h7-12H,13H2,1-6H3/q+1. The smallest absolute Gasteiger partial charge is 0.394 e. The number of halogens is 3. The third-order valence-electron chi connectivity index (χ3n) is 6.90. The van der Waals surface area contributed by atoms with Gasteiger partial charge in [-0.3, -0.25) is 0 Å². The van der Waals surface area contributed by atoms with Crippen LogP contribution in [0.15, 0.2) is 41.1 Å². The topological polar surface area (TPSA) is 21.9 Å². The van der Waals surface area contributed by atoms with Gasteiger partial charge in [0.2, 0.25) is 5.52 Å². The number of aryl methyl sites for hydroxylation is 4. The van der Waals surface area contributed by atoms with Crippen molar-refractivity contribution in [2.45, 2.75) is 40.3 Å². The van der Waals surface area contributed by atoms with Crippen molar-refractivity contribution in [3.05, 3.63) is 53.3 Å². The maximum Gasteiger partial charge on any atom is 0.394 e. The van der Waals surface area contributed by atoms with Gasteiger partial charge in [-0.25, -0.2) is 4.57 Å². The van der Waals surface area contributed by atoms with Gasteiger partial charge in [0.1, 0.15) is 18.2 Å². The number of fused-ring (bicyclic) bond motifs is 3. The van der Waals surface area contributed by atoms with Gasteiger partial charge in [0, 0.05) is 30.1 Å². The van der Waals surface area contributed by atoms with Crippen molar-refractivity contribution >= 4 is 43.7 Å². The van der Waals surface area contributed by atoms with E-state index < -0.39 is 11.6 Å². The Labute approximate surface area is 184 Å². The first-order valence-corrected chi connectivity index (χ1v) is 10.7. The summed E-state index contributed by atoms with van der Waals surface area (Å²) in [5.74, 6) is 0. The van der Waals surface area contributed by atoms with Crippen molar-refractivity contribution in [3.63, 3.8) is 0 Å². The van der Waals surface area contributed by atoms with Gasteiger partial charge in [0.05, 0.1) is 21.9 Å². The van der Waals surface area contributed by atoms with Gasteiger partial charge in [-0.05, 0) is 48.9 Å². The normalized spacial score (nSPS) is 13.3. The second-order valence-corrected chi connectivity index (χ2v) is 9.64. The lowest BCUT2D eigenvalue weighted by molar-refractivity contribution is -0.642. The molecule has 0 saturated carbocycles. The summed E-state index contributed by atoms with van der Waals surface area (Å²) in [4.78, 5) is 0. The largest absolute Gasteiger partial charge is 0.455 e. The quantitative estimate of drug-likeness (QED) is 0.168. The van der Waals surface area contributed by atoms with E-state index in [1.165, 1.54) is 19.2 Å². The zero-order valence-electron chi connectivity index (χ0n) is 19.1. The van der Waals surface area contributed by atoms with Crippen LogP contribution in [0.25, 0.3) is 43.7 Å². The van der Waals surface area contributed by atoms with Gasteiger partial charge in [-0.2, -0.15) is 13.2 Å². The van der Waals surface area contributed by atoms with Crippen molar-refractivity contribution in [2.24, 2.45) is 19.5 Å². The first kappa shape index (κ1) is 20.9. The van der Waals surface area contributed by atoms with E-state index in [0.29, 0.717) is 11.1 Å². The summed E-state index contributed by atoms with van der Waals surface area (Å²) in [6, 6.07) is 7.72. The van der Waals surface area contributed by atoms with E-state index in [4.69, 9.17) is 4.42 Å². The molecule has 3 heterocycles. The highest BCUT2D eigenvalue weighted by Gasteiger charge is 2.47. The number of hydrogen-bond acceptors (Lipinski definition) is 1. The Balaban J connectivity index is 1.92. The minimum atomic E-state index is -4.28. The number of rotatable bonds is 2. The highest BCUT2D eigenvalue weighted by molar-refractivity contribution is 6.19. The van der Waals surface area contributed by atoms with Crippen LogP contribution in [0, 0.1) is 19.3 Å². The monoisotopic (exact) mass is 439 g/mol. The lowest BCUT2D eigenvalue weighted by Gasteiger charge is -2.28. The molecule has 0 aliphatic heterocycles. The van der Waals surface area contributed by atoms with Crippen molar-refractivity contribution in [2.75, 3.05) is 0 Å². The van der Waals surface area contributed by atoms with Crippen LogP contribution in [0.3, 0.4) is 0 Å². The van der Waals surface area contributed by atoms with Crippen LogP contribution in [-0.4, -0.2) is 10.7 Å². The Bertz CT molecular complexity index is 1550. The summed E-state index contributed by atoms with van der Waals surface area (Å²) in [5, 5.41) is 4.05. The first-order chi connectivity index (χ1) is 14.9. The molecule has 5 rings (SSSR count). The summed E-state index contributed by atoms with van der Waals surface area (Å²) in [6.45, 7) is 6.64. The predicted molar refractivity (Wildman–Crippen MR) is 122 cm³/mol. The van der Waals surface area contributed by atoms with Crippen molar-refractivity contribution < 1.29 is 22.2 Å². The molecule has 5 aromatic rings. The molecule has 0 fully saturated rings. The van der Waals surface area contributed by atoms with E-state index in [0.717, 1.165) is 43.9 Å². The molecule has 166 valence electrons. The third kappa shape index (κ3) is 2.78. The molecular formula is C26H26F3N2O+. The van der Waals surface area contributed by atoms with E-state index in [-0.39, 0.29) is 6.42 Å². The molecule has 0 atom stereocenters. The highest BCUT2D eigenvalue weighted by Crippen LogP contribution is 2.43. The molecule has 32 heavy (non-hydrogen) atoms. The summed E-state index contributed by atoms with van der Waals surface area (Å²) in [7, 11) is 4.01. The van der Waals surface area contributed by atoms with Crippen LogP contribution in [0.2, 0.25) is 0 Å². The number of pyridine rings is 1. The number of alkyl halides is 3.